The molecule has 14 heavy (non-hydrogen) atoms. The number of thiazole rings is 1. The van der Waals surface area contributed by atoms with E-state index in [0.717, 1.165) is 23.8 Å². The summed E-state index contributed by atoms with van der Waals surface area (Å²) in [7, 11) is 0. The first-order chi connectivity index (χ1) is 6.72. The van der Waals surface area contributed by atoms with Gasteiger partial charge in [-0.05, 0) is 32.9 Å². The zero-order chi connectivity index (χ0) is 10.4. The van der Waals surface area contributed by atoms with Gasteiger partial charge in [-0.1, -0.05) is 12.5 Å². The topological polar surface area (TPSA) is 24.9 Å². The van der Waals surface area contributed by atoms with Crippen LogP contribution >= 0.6 is 11.3 Å². The fraction of sp³-hybridized carbons (Fsp3) is 0.545. The van der Waals surface area contributed by atoms with Gasteiger partial charge in [0.15, 0.2) is 0 Å². The second-order valence-corrected chi connectivity index (χ2v) is 4.38. The van der Waals surface area contributed by atoms with Crippen LogP contribution in [0.2, 0.25) is 0 Å². The SMILES string of the molecule is CCCNCC(C)=Cc1nc(C)cs1. The second-order valence-electron chi connectivity index (χ2n) is 3.49. The summed E-state index contributed by atoms with van der Waals surface area (Å²) >= 11 is 1.70. The lowest BCUT2D eigenvalue weighted by Crippen LogP contribution is -2.16. The Labute approximate surface area is 90.1 Å². The van der Waals surface area contributed by atoms with Gasteiger partial charge in [-0.3, -0.25) is 0 Å². The molecule has 0 aliphatic heterocycles. The van der Waals surface area contributed by atoms with E-state index in [1.165, 1.54) is 12.0 Å². The number of aryl methyl sites for hydroxylation is 1. The third-order valence-electron chi connectivity index (χ3n) is 1.84. The molecule has 0 bridgehead atoms. The summed E-state index contributed by atoms with van der Waals surface area (Å²) in [6, 6.07) is 0. The van der Waals surface area contributed by atoms with Crippen LogP contribution in [0, 0.1) is 6.92 Å². The molecule has 0 spiro atoms. The lowest BCUT2D eigenvalue weighted by Gasteiger charge is -2.01. The third-order valence-corrected chi connectivity index (χ3v) is 2.75. The van der Waals surface area contributed by atoms with Crippen molar-refractivity contribution in [1.29, 1.82) is 0 Å². The Balaban J connectivity index is 2.43. The maximum atomic E-state index is 4.39. The monoisotopic (exact) mass is 210 g/mol. The molecule has 0 amide bonds. The van der Waals surface area contributed by atoms with Crippen molar-refractivity contribution < 1.29 is 0 Å². The predicted molar refractivity (Wildman–Crippen MR) is 63.7 cm³/mol. The van der Waals surface area contributed by atoms with E-state index in [0.29, 0.717) is 0 Å². The van der Waals surface area contributed by atoms with E-state index in [1.54, 1.807) is 11.3 Å². The van der Waals surface area contributed by atoms with Gasteiger partial charge in [-0.15, -0.1) is 11.3 Å². The van der Waals surface area contributed by atoms with Crippen molar-refractivity contribution in [2.75, 3.05) is 13.1 Å². The molecular weight excluding hydrogens is 192 g/mol. The van der Waals surface area contributed by atoms with Gasteiger partial charge in [-0.2, -0.15) is 0 Å². The van der Waals surface area contributed by atoms with Crippen LogP contribution in [0.15, 0.2) is 11.0 Å². The average Bonchev–Trinajstić information content (AvgIpc) is 2.52. The van der Waals surface area contributed by atoms with Crippen molar-refractivity contribution in [1.82, 2.24) is 10.3 Å². The molecule has 0 saturated heterocycles. The number of hydrogen-bond acceptors (Lipinski definition) is 3. The van der Waals surface area contributed by atoms with Crippen LogP contribution in [0.4, 0.5) is 0 Å². The Hall–Kier alpha value is -0.670. The first-order valence-electron chi connectivity index (χ1n) is 5.02. The summed E-state index contributed by atoms with van der Waals surface area (Å²) in [6.45, 7) is 8.39. The third kappa shape index (κ3) is 4.03. The molecule has 1 heterocycles. The Morgan fingerprint density at radius 2 is 2.43 bits per heavy atom. The van der Waals surface area contributed by atoms with Crippen LogP contribution in [0.1, 0.15) is 31.0 Å². The minimum atomic E-state index is 0.965. The molecule has 0 unspecified atom stereocenters. The largest absolute Gasteiger partial charge is 0.313 e. The molecule has 78 valence electrons. The molecular formula is C11H18N2S. The lowest BCUT2D eigenvalue weighted by atomic mass is 10.3. The van der Waals surface area contributed by atoms with Crippen LogP contribution < -0.4 is 5.32 Å². The Morgan fingerprint density at radius 1 is 1.64 bits per heavy atom. The minimum Gasteiger partial charge on any atom is -0.313 e. The summed E-state index contributed by atoms with van der Waals surface area (Å²) in [5.41, 5.74) is 2.45. The van der Waals surface area contributed by atoms with Gasteiger partial charge < -0.3 is 5.32 Å². The molecule has 1 N–H and O–H groups in total. The van der Waals surface area contributed by atoms with Crippen LogP contribution in [-0.4, -0.2) is 18.1 Å². The van der Waals surface area contributed by atoms with E-state index in [2.05, 4.69) is 35.6 Å². The second kappa shape index (κ2) is 5.94. The molecule has 0 aromatic carbocycles. The Kier molecular flexibility index (Phi) is 4.84. The molecule has 3 heteroatoms. The minimum absolute atomic E-state index is 0.965. The quantitative estimate of drug-likeness (QED) is 0.756. The van der Waals surface area contributed by atoms with Gasteiger partial charge in [0.05, 0.1) is 0 Å². The van der Waals surface area contributed by atoms with E-state index in [1.807, 2.05) is 6.92 Å². The fourth-order valence-electron chi connectivity index (χ4n) is 1.16. The molecule has 2 nitrogen and oxygen atoms in total. The Morgan fingerprint density at radius 3 is 3.00 bits per heavy atom. The molecule has 0 radical (unpaired) electrons. The van der Waals surface area contributed by atoms with Gasteiger partial charge in [0, 0.05) is 17.6 Å². The molecule has 0 saturated carbocycles. The van der Waals surface area contributed by atoms with Crippen molar-refractivity contribution in [3.8, 4) is 0 Å². The summed E-state index contributed by atoms with van der Waals surface area (Å²) in [6.07, 6.45) is 3.34. The zero-order valence-corrected chi connectivity index (χ0v) is 9.95. The Bertz CT molecular complexity index is 302. The average molecular weight is 210 g/mol. The van der Waals surface area contributed by atoms with Crippen molar-refractivity contribution in [2.45, 2.75) is 27.2 Å². The van der Waals surface area contributed by atoms with E-state index < -0.39 is 0 Å². The number of rotatable bonds is 5. The van der Waals surface area contributed by atoms with Crippen molar-refractivity contribution in [3.05, 3.63) is 21.7 Å². The van der Waals surface area contributed by atoms with E-state index >= 15 is 0 Å². The number of nitrogens with zero attached hydrogens (tertiary/aromatic N) is 1. The number of hydrogen-bond donors (Lipinski definition) is 1. The maximum absolute atomic E-state index is 4.39. The van der Waals surface area contributed by atoms with Crippen molar-refractivity contribution in [2.24, 2.45) is 0 Å². The van der Waals surface area contributed by atoms with Gasteiger partial charge in [0.25, 0.3) is 0 Å². The molecule has 0 aliphatic rings. The van der Waals surface area contributed by atoms with Crippen LogP contribution in [0.3, 0.4) is 0 Å². The van der Waals surface area contributed by atoms with E-state index in [-0.39, 0.29) is 0 Å². The zero-order valence-electron chi connectivity index (χ0n) is 9.13. The highest BCUT2D eigenvalue weighted by molar-refractivity contribution is 7.10. The van der Waals surface area contributed by atoms with E-state index in [4.69, 9.17) is 0 Å². The standard InChI is InChI=1S/C11H18N2S/c1-4-5-12-7-9(2)6-11-13-10(3)8-14-11/h6,8,12H,4-5,7H2,1-3H3. The summed E-state index contributed by atoms with van der Waals surface area (Å²) in [4.78, 5) is 4.39. The van der Waals surface area contributed by atoms with Gasteiger partial charge in [0.1, 0.15) is 5.01 Å². The molecule has 1 aromatic heterocycles. The molecule has 1 rings (SSSR count). The van der Waals surface area contributed by atoms with Crippen molar-refractivity contribution >= 4 is 17.4 Å². The predicted octanol–water partition coefficient (Wildman–Crippen LogP) is 2.85. The first-order valence-corrected chi connectivity index (χ1v) is 5.90. The molecule has 0 atom stereocenters. The summed E-state index contributed by atoms with van der Waals surface area (Å²) in [5, 5.41) is 6.56. The normalized spacial score (nSPS) is 12.1. The summed E-state index contributed by atoms with van der Waals surface area (Å²) in [5.74, 6) is 0. The maximum Gasteiger partial charge on any atom is 0.116 e. The lowest BCUT2D eigenvalue weighted by molar-refractivity contribution is 0.715. The molecule has 0 aliphatic carbocycles. The van der Waals surface area contributed by atoms with Gasteiger partial charge in [0.2, 0.25) is 0 Å². The fourth-order valence-corrected chi connectivity index (χ4v) is 1.97. The van der Waals surface area contributed by atoms with Crippen LogP contribution in [-0.2, 0) is 0 Å². The van der Waals surface area contributed by atoms with Crippen molar-refractivity contribution in [3.63, 3.8) is 0 Å². The van der Waals surface area contributed by atoms with E-state index in [9.17, 15) is 0 Å². The number of aromatic nitrogens is 1. The van der Waals surface area contributed by atoms with Crippen LogP contribution in [0.5, 0.6) is 0 Å². The highest BCUT2D eigenvalue weighted by Gasteiger charge is 1.95. The van der Waals surface area contributed by atoms with Gasteiger partial charge in [-0.25, -0.2) is 4.98 Å². The highest BCUT2D eigenvalue weighted by atomic mass is 32.1. The first kappa shape index (κ1) is 11.4. The molecule has 0 fully saturated rings. The van der Waals surface area contributed by atoms with Crippen LogP contribution in [0.25, 0.3) is 6.08 Å². The van der Waals surface area contributed by atoms with Gasteiger partial charge >= 0.3 is 0 Å². The number of nitrogens with one attached hydrogen (secondary N) is 1. The smallest absolute Gasteiger partial charge is 0.116 e. The summed E-state index contributed by atoms with van der Waals surface area (Å²) < 4.78 is 0. The highest BCUT2D eigenvalue weighted by Crippen LogP contribution is 2.12. The molecule has 1 aromatic rings.